The van der Waals surface area contributed by atoms with Crippen molar-refractivity contribution in [1.29, 1.82) is 5.26 Å². The summed E-state index contributed by atoms with van der Waals surface area (Å²) in [6.07, 6.45) is 3.08. The fourth-order valence-electron chi connectivity index (χ4n) is 1.33. The molecule has 0 spiro atoms. The molecule has 0 bridgehead atoms. The van der Waals surface area contributed by atoms with Crippen molar-refractivity contribution in [3.63, 3.8) is 0 Å². The predicted octanol–water partition coefficient (Wildman–Crippen LogP) is 0.558. The van der Waals surface area contributed by atoms with Gasteiger partial charge in [-0.15, -0.1) is 0 Å². The fourth-order valence-corrected chi connectivity index (χ4v) is 1.33. The molecule has 0 aliphatic carbocycles. The highest BCUT2D eigenvalue weighted by molar-refractivity contribution is 5.30. The van der Waals surface area contributed by atoms with E-state index in [0.29, 0.717) is 11.3 Å². The average molecular weight is 212 g/mol. The Morgan fingerprint density at radius 1 is 1.31 bits per heavy atom. The Balaban J connectivity index is 2.39. The van der Waals surface area contributed by atoms with Gasteiger partial charge in [0.05, 0.1) is 6.54 Å². The molecule has 0 aromatic carbocycles. The maximum atomic E-state index is 11.4. The second kappa shape index (κ2) is 4.36. The molecule has 0 amide bonds. The normalized spacial score (nSPS) is 9.69. The Bertz CT molecular complexity index is 597. The molecule has 0 atom stereocenters. The highest BCUT2D eigenvalue weighted by Gasteiger charge is 2.04. The van der Waals surface area contributed by atoms with Gasteiger partial charge in [-0.1, -0.05) is 6.07 Å². The van der Waals surface area contributed by atoms with Gasteiger partial charge >= 0.3 is 0 Å². The van der Waals surface area contributed by atoms with E-state index in [1.807, 2.05) is 6.07 Å². The third-order valence-corrected chi connectivity index (χ3v) is 2.10. The van der Waals surface area contributed by atoms with Crippen LogP contribution in [0.1, 0.15) is 11.3 Å². The van der Waals surface area contributed by atoms with Gasteiger partial charge in [-0.2, -0.15) is 10.4 Å². The number of nitrogens with zero attached hydrogens (tertiary/aromatic N) is 4. The van der Waals surface area contributed by atoms with E-state index in [2.05, 4.69) is 10.1 Å². The van der Waals surface area contributed by atoms with E-state index in [0.717, 1.165) is 0 Å². The topological polar surface area (TPSA) is 71.6 Å². The number of aromatic nitrogens is 3. The van der Waals surface area contributed by atoms with Crippen LogP contribution in [0, 0.1) is 11.3 Å². The molecule has 5 nitrogen and oxygen atoms in total. The van der Waals surface area contributed by atoms with Crippen molar-refractivity contribution in [3.8, 4) is 6.07 Å². The lowest BCUT2D eigenvalue weighted by Crippen LogP contribution is -2.22. The van der Waals surface area contributed by atoms with Crippen LogP contribution in [-0.4, -0.2) is 14.8 Å². The fraction of sp³-hybridized carbons (Fsp3) is 0.0909. The van der Waals surface area contributed by atoms with E-state index in [4.69, 9.17) is 5.26 Å². The Morgan fingerprint density at radius 3 is 2.88 bits per heavy atom. The van der Waals surface area contributed by atoms with Crippen LogP contribution in [0.4, 0.5) is 0 Å². The minimum atomic E-state index is -0.199. The van der Waals surface area contributed by atoms with Crippen LogP contribution < -0.4 is 5.56 Å². The van der Waals surface area contributed by atoms with E-state index < -0.39 is 0 Å². The molecular weight excluding hydrogens is 204 g/mol. The van der Waals surface area contributed by atoms with E-state index in [1.165, 1.54) is 16.9 Å². The summed E-state index contributed by atoms with van der Waals surface area (Å²) in [6, 6.07) is 8.47. The van der Waals surface area contributed by atoms with Crippen molar-refractivity contribution in [2.45, 2.75) is 6.54 Å². The van der Waals surface area contributed by atoms with E-state index in [9.17, 15) is 4.79 Å². The molecule has 0 saturated heterocycles. The van der Waals surface area contributed by atoms with Gasteiger partial charge in [-0.3, -0.25) is 4.79 Å². The summed E-state index contributed by atoms with van der Waals surface area (Å²) in [7, 11) is 0. The van der Waals surface area contributed by atoms with Gasteiger partial charge in [0.15, 0.2) is 0 Å². The molecule has 2 aromatic rings. The maximum Gasteiger partial charge on any atom is 0.267 e. The minimum absolute atomic E-state index is 0.199. The zero-order chi connectivity index (χ0) is 11.4. The smallest absolute Gasteiger partial charge is 0.267 e. The summed E-state index contributed by atoms with van der Waals surface area (Å²) in [5.74, 6) is 0. The average Bonchev–Trinajstić information content (AvgIpc) is 2.33. The zero-order valence-electron chi connectivity index (χ0n) is 8.37. The number of hydrogen-bond acceptors (Lipinski definition) is 4. The second-order valence-electron chi connectivity index (χ2n) is 3.14. The van der Waals surface area contributed by atoms with E-state index in [1.54, 1.807) is 24.4 Å². The first-order valence-electron chi connectivity index (χ1n) is 4.67. The van der Waals surface area contributed by atoms with Gasteiger partial charge in [0.2, 0.25) is 0 Å². The van der Waals surface area contributed by atoms with Crippen molar-refractivity contribution in [2.24, 2.45) is 0 Å². The van der Waals surface area contributed by atoms with Gasteiger partial charge in [-0.05, 0) is 12.1 Å². The molecule has 2 aromatic heterocycles. The highest BCUT2D eigenvalue weighted by Crippen LogP contribution is 2.04. The quantitative estimate of drug-likeness (QED) is 0.729. The van der Waals surface area contributed by atoms with Gasteiger partial charge in [0.1, 0.15) is 11.8 Å². The summed E-state index contributed by atoms with van der Waals surface area (Å²) in [5, 5.41) is 12.8. The molecule has 0 radical (unpaired) electrons. The lowest BCUT2D eigenvalue weighted by Gasteiger charge is -2.04. The lowest BCUT2D eigenvalue weighted by atomic mass is 10.2. The summed E-state index contributed by atoms with van der Waals surface area (Å²) < 4.78 is 1.29. The summed E-state index contributed by atoms with van der Waals surface area (Å²) in [6.45, 7) is 0.260. The van der Waals surface area contributed by atoms with Gasteiger partial charge < -0.3 is 0 Å². The standard InChI is InChI=1S/C11H8N4O/c12-7-10-9(3-1-5-13-10)8-15-11(16)4-2-6-14-15/h1-6H,8H2. The monoisotopic (exact) mass is 212 g/mol. The maximum absolute atomic E-state index is 11.4. The molecule has 0 aliphatic heterocycles. The molecule has 16 heavy (non-hydrogen) atoms. The Labute approximate surface area is 91.6 Å². The highest BCUT2D eigenvalue weighted by atomic mass is 16.1. The zero-order valence-corrected chi connectivity index (χ0v) is 8.37. The third kappa shape index (κ3) is 1.96. The van der Waals surface area contributed by atoms with E-state index in [-0.39, 0.29) is 12.1 Å². The number of hydrogen-bond donors (Lipinski definition) is 0. The largest absolute Gasteiger partial charge is 0.268 e. The molecule has 5 heteroatoms. The first kappa shape index (κ1) is 10.1. The third-order valence-electron chi connectivity index (χ3n) is 2.10. The molecule has 0 aliphatic rings. The summed E-state index contributed by atoms with van der Waals surface area (Å²) in [4.78, 5) is 15.3. The van der Waals surface area contributed by atoms with Crippen LogP contribution in [0.3, 0.4) is 0 Å². The second-order valence-corrected chi connectivity index (χ2v) is 3.14. The molecular formula is C11H8N4O. The lowest BCUT2D eigenvalue weighted by molar-refractivity contribution is 0.636. The molecule has 0 unspecified atom stereocenters. The molecule has 0 N–H and O–H groups in total. The Morgan fingerprint density at radius 2 is 2.12 bits per heavy atom. The Kier molecular flexibility index (Phi) is 2.74. The van der Waals surface area contributed by atoms with Crippen molar-refractivity contribution in [3.05, 3.63) is 58.3 Å². The number of rotatable bonds is 2. The molecule has 0 saturated carbocycles. The molecule has 78 valence electrons. The molecule has 0 fully saturated rings. The first-order valence-corrected chi connectivity index (χ1v) is 4.67. The van der Waals surface area contributed by atoms with Crippen molar-refractivity contribution < 1.29 is 0 Å². The molecule has 2 rings (SSSR count). The van der Waals surface area contributed by atoms with Crippen molar-refractivity contribution in [1.82, 2.24) is 14.8 Å². The van der Waals surface area contributed by atoms with Crippen LogP contribution in [-0.2, 0) is 6.54 Å². The van der Waals surface area contributed by atoms with Crippen LogP contribution in [0.2, 0.25) is 0 Å². The Hall–Kier alpha value is -2.48. The van der Waals surface area contributed by atoms with Gasteiger partial charge in [0.25, 0.3) is 5.56 Å². The van der Waals surface area contributed by atoms with Crippen LogP contribution in [0.5, 0.6) is 0 Å². The summed E-state index contributed by atoms with van der Waals surface area (Å²) >= 11 is 0. The predicted molar refractivity (Wildman–Crippen MR) is 56.6 cm³/mol. The van der Waals surface area contributed by atoms with Gasteiger partial charge in [0, 0.05) is 24.0 Å². The van der Waals surface area contributed by atoms with Crippen molar-refractivity contribution in [2.75, 3.05) is 0 Å². The van der Waals surface area contributed by atoms with Crippen LogP contribution in [0.15, 0.2) is 41.5 Å². The van der Waals surface area contributed by atoms with Gasteiger partial charge in [-0.25, -0.2) is 9.67 Å². The number of nitriles is 1. The molecule has 2 heterocycles. The summed E-state index contributed by atoms with van der Waals surface area (Å²) in [5.41, 5.74) is 0.807. The SMILES string of the molecule is N#Cc1ncccc1Cn1ncccc1=O. The first-order chi connectivity index (χ1) is 7.81. The van der Waals surface area contributed by atoms with Crippen LogP contribution >= 0.6 is 0 Å². The van der Waals surface area contributed by atoms with Crippen LogP contribution in [0.25, 0.3) is 0 Å². The minimum Gasteiger partial charge on any atom is -0.268 e. The van der Waals surface area contributed by atoms with Crippen molar-refractivity contribution >= 4 is 0 Å². The van der Waals surface area contributed by atoms with E-state index >= 15 is 0 Å². The number of pyridine rings is 1.